The van der Waals surface area contributed by atoms with Crippen molar-refractivity contribution in [1.29, 1.82) is 10.5 Å². The molecule has 0 unspecified atom stereocenters. The summed E-state index contributed by atoms with van der Waals surface area (Å²) in [7, 11) is 0. The van der Waals surface area contributed by atoms with Crippen LogP contribution in [0.25, 0.3) is 0 Å². The molecular weight excluding hydrogens is 315 g/mol. The Balaban J connectivity index is 3.05. The minimum atomic E-state index is -0.294. The third-order valence-electron chi connectivity index (χ3n) is 1.50. The predicted octanol–water partition coefficient (Wildman–Crippen LogP) is 3.57. The van der Waals surface area contributed by atoms with Gasteiger partial charge < -0.3 is 0 Å². The minimum Gasteiger partial charge on any atom is -0.274 e. The first kappa shape index (κ1) is 12.8. The van der Waals surface area contributed by atoms with Gasteiger partial charge in [-0.3, -0.25) is 5.43 Å². The number of nitrogens with one attached hydrogen (secondary N) is 1. The molecule has 0 spiro atoms. The standard InChI is InChI=1S/C9H3BrCl2N4/c10-7-1-5(11)2-8(12)9(7)16-15-6(3-13)4-14/h1-2,16H. The zero-order valence-corrected chi connectivity index (χ0v) is 10.7. The summed E-state index contributed by atoms with van der Waals surface area (Å²) < 4.78 is 0.587. The van der Waals surface area contributed by atoms with Gasteiger partial charge in [-0.25, -0.2) is 0 Å². The highest BCUT2D eigenvalue weighted by Crippen LogP contribution is 2.33. The maximum atomic E-state index is 8.48. The second kappa shape index (κ2) is 5.72. The van der Waals surface area contributed by atoms with Crippen molar-refractivity contribution in [3.05, 3.63) is 26.7 Å². The molecule has 0 atom stereocenters. The molecule has 1 aromatic rings. The van der Waals surface area contributed by atoms with Crippen LogP contribution in [0.5, 0.6) is 0 Å². The van der Waals surface area contributed by atoms with E-state index in [0.29, 0.717) is 20.2 Å². The normalized spacial score (nSPS) is 8.81. The summed E-state index contributed by atoms with van der Waals surface area (Å²) in [5, 5.41) is 21.3. The molecular formula is C9H3BrCl2N4. The van der Waals surface area contributed by atoms with Gasteiger partial charge in [0.15, 0.2) is 0 Å². The number of hydrogen-bond donors (Lipinski definition) is 1. The fourth-order valence-electron chi connectivity index (χ4n) is 0.836. The van der Waals surface area contributed by atoms with Gasteiger partial charge >= 0.3 is 0 Å². The Labute approximate surface area is 110 Å². The van der Waals surface area contributed by atoms with Crippen molar-refractivity contribution in [1.82, 2.24) is 0 Å². The van der Waals surface area contributed by atoms with E-state index in [1.807, 2.05) is 0 Å². The summed E-state index contributed by atoms with van der Waals surface area (Å²) in [4.78, 5) is 0. The average Bonchev–Trinajstić information content (AvgIpc) is 2.22. The van der Waals surface area contributed by atoms with Crippen LogP contribution in [0, 0.1) is 22.7 Å². The van der Waals surface area contributed by atoms with E-state index < -0.39 is 0 Å². The Morgan fingerprint density at radius 3 is 2.44 bits per heavy atom. The number of hydrogen-bond acceptors (Lipinski definition) is 4. The van der Waals surface area contributed by atoms with Gasteiger partial charge in [0.2, 0.25) is 5.71 Å². The molecule has 0 aliphatic heterocycles. The van der Waals surface area contributed by atoms with Crippen molar-refractivity contribution in [2.75, 3.05) is 5.43 Å². The van der Waals surface area contributed by atoms with E-state index in [1.54, 1.807) is 18.2 Å². The van der Waals surface area contributed by atoms with Crippen LogP contribution >= 0.6 is 39.1 Å². The predicted molar refractivity (Wildman–Crippen MR) is 66.4 cm³/mol. The number of anilines is 1. The van der Waals surface area contributed by atoms with E-state index in [2.05, 4.69) is 26.5 Å². The van der Waals surface area contributed by atoms with Gasteiger partial charge in [0.25, 0.3) is 0 Å². The average molecular weight is 318 g/mol. The van der Waals surface area contributed by atoms with Crippen LogP contribution in [0.3, 0.4) is 0 Å². The summed E-state index contributed by atoms with van der Waals surface area (Å²) in [6, 6.07) is 6.36. The molecule has 1 N–H and O–H groups in total. The van der Waals surface area contributed by atoms with Crippen LogP contribution in [-0.2, 0) is 0 Å². The summed E-state index contributed by atoms with van der Waals surface area (Å²) in [6.07, 6.45) is 0. The van der Waals surface area contributed by atoms with E-state index in [9.17, 15) is 0 Å². The Morgan fingerprint density at radius 2 is 1.94 bits per heavy atom. The molecule has 0 saturated carbocycles. The molecule has 7 heteroatoms. The molecule has 0 aliphatic carbocycles. The highest BCUT2D eigenvalue weighted by atomic mass is 79.9. The molecule has 0 aliphatic rings. The van der Waals surface area contributed by atoms with Crippen LogP contribution in [0.1, 0.15) is 0 Å². The smallest absolute Gasteiger partial charge is 0.237 e. The molecule has 0 aromatic heterocycles. The molecule has 0 fully saturated rings. The fourth-order valence-corrected chi connectivity index (χ4v) is 2.17. The zero-order valence-electron chi connectivity index (χ0n) is 7.63. The number of nitrogens with zero attached hydrogens (tertiary/aromatic N) is 3. The lowest BCUT2D eigenvalue weighted by Gasteiger charge is -2.06. The first-order chi connectivity index (χ1) is 7.58. The summed E-state index contributed by atoms with van der Waals surface area (Å²) in [5.74, 6) is 0. The molecule has 0 radical (unpaired) electrons. The monoisotopic (exact) mass is 316 g/mol. The summed E-state index contributed by atoms with van der Waals surface area (Å²) in [5.41, 5.74) is 2.66. The van der Waals surface area contributed by atoms with Crippen LogP contribution < -0.4 is 5.43 Å². The topological polar surface area (TPSA) is 72.0 Å². The first-order valence-electron chi connectivity index (χ1n) is 3.87. The van der Waals surface area contributed by atoms with Gasteiger partial charge in [0.05, 0.1) is 10.7 Å². The van der Waals surface area contributed by atoms with E-state index in [4.69, 9.17) is 33.7 Å². The van der Waals surface area contributed by atoms with Crippen LogP contribution in [0.15, 0.2) is 21.7 Å². The highest BCUT2D eigenvalue weighted by Gasteiger charge is 2.06. The Hall–Kier alpha value is -1.27. The first-order valence-corrected chi connectivity index (χ1v) is 5.42. The number of nitriles is 2. The SMILES string of the molecule is N#CC(C#N)=NNc1c(Cl)cc(Cl)cc1Br. The molecule has 16 heavy (non-hydrogen) atoms. The number of hydrazone groups is 1. The van der Waals surface area contributed by atoms with Gasteiger partial charge in [-0.2, -0.15) is 15.6 Å². The minimum absolute atomic E-state index is 0.294. The maximum Gasteiger partial charge on any atom is 0.237 e. The van der Waals surface area contributed by atoms with Crippen LogP contribution in [0.2, 0.25) is 10.0 Å². The van der Waals surface area contributed by atoms with E-state index in [1.165, 1.54) is 6.07 Å². The van der Waals surface area contributed by atoms with Crippen molar-refractivity contribution in [3.8, 4) is 12.1 Å². The Morgan fingerprint density at radius 1 is 1.31 bits per heavy atom. The van der Waals surface area contributed by atoms with E-state index in [-0.39, 0.29) is 5.71 Å². The largest absolute Gasteiger partial charge is 0.274 e. The molecule has 1 aromatic carbocycles. The Bertz CT molecular complexity index is 488. The van der Waals surface area contributed by atoms with Crippen LogP contribution in [0.4, 0.5) is 5.69 Å². The quantitative estimate of drug-likeness (QED) is 0.669. The molecule has 80 valence electrons. The molecule has 0 saturated heterocycles. The lowest BCUT2D eigenvalue weighted by Crippen LogP contribution is -1.97. The van der Waals surface area contributed by atoms with Gasteiger partial charge in [-0.15, -0.1) is 0 Å². The molecule has 0 heterocycles. The lowest BCUT2D eigenvalue weighted by molar-refractivity contribution is 1.33. The van der Waals surface area contributed by atoms with Crippen molar-refractivity contribution in [2.45, 2.75) is 0 Å². The maximum absolute atomic E-state index is 8.48. The number of rotatable bonds is 2. The lowest BCUT2D eigenvalue weighted by atomic mass is 10.3. The van der Waals surface area contributed by atoms with Crippen LogP contribution in [-0.4, -0.2) is 5.71 Å². The zero-order chi connectivity index (χ0) is 12.1. The molecule has 0 bridgehead atoms. The van der Waals surface area contributed by atoms with Crippen molar-refractivity contribution in [2.24, 2.45) is 5.10 Å². The van der Waals surface area contributed by atoms with Gasteiger partial charge in [0, 0.05) is 9.50 Å². The van der Waals surface area contributed by atoms with Crippen molar-refractivity contribution in [3.63, 3.8) is 0 Å². The molecule has 1 rings (SSSR count). The molecule has 0 amide bonds. The second-order valence-corrected chi connectivity index (χ2v) is 4.24. The van der Waals surface area contributed by atoms with E-state index in [0.717, 1.165) is 0 Å². The van der Waals surface area contributed by atoms with Gasteiger partial charge in [0.1, 0.15) is 12.1 Å². The summed E-state index contributed by atoms with van der Waals surface area (Å²) in [6.45, 7) is 0. The van der Waals surface area contributed by atoms with Gasteiger partial charge in [-0.05, 0) is 28.1 Å². The van der Waals surface area contributed by atoms with Crippen molar-refractivity contribution >= 4 is 50.5 Å². The third kappa shape index (κ3) is 3.11. The highest BCUT2D eigenvalue weighted by molar-refractivity contribution is 9.10. The molecule has 4 nitrogen and oxygen atoms in total. The Kier molecular flexibility index (Phi) is 4.57. The second-order valence-electron chi connectivity index (χ2n) is 2.54. The van der Waals surface area contributed by atoms with E-state index >= 15 is 0 Å². The summed E-state index contributed by atoms with van der Waals surface area (Å²) >= 11 is 14.9. The van der Waals surface area contributed by atoms with Gasteiger partial charge in [-0.1, -0.05) is 23.2 Å². The number of benzene rings is 1. The fraction of sp³-hybridized carbons (Fsp3) is 0. The third-order valence-corrected chi connectivity index (χ3v) is 2.64. The number of halogens is 3. The van der Waals surface area contributed by atoms with Crippen molar-refractivity contribution < 1.29 is 0 Å².